The molecule has 0 atom stereocenters. The van der Waals surface area contributed by atoms with E-state index in [2.05, 4.69) is 35.9 Å². The molecular formula is C18H20N2OS. The predicted molar refractivity (Wildman–Crippen MR) is 91.6 cm³/mol. The van der Waals surface area contributed by atoms with Crippen molar-refractivity contribution >= 4 is 18.5 Å². The Bertz CT molecular complexity index is 751. The van der Waals surface area contributed by atoms with E-state index in [0.29, 0.717) is 11.6 Å². The molecule has 1 aliphatic carbocycles. The van der Waals surface area contributed by atoms with E-state index in [1.54, 1.807) is 0 Å². The average Bonchev–Trinajstić information content (AvgIpc) is 3.26. The maximum atomic E-state index is 12.4. The van der Waals surface area contributed by atoms with E-state index in [4.69, 9.17) is 0 Å². The van der Waals surface area contributed by atoms with E-state index in [1.165, 1.54) is 0 Å². The third kappa shape index (κ3) is 3.02. The second kappa shape index (κ2) is 5.76. The zero-order chi connectivity index (χ0) is 15.9. The van der Waals surface area contributed by atoms with Gasteiger partial charge in [-0.3, -0.25) is 9.78 Å². The van der Waals surface area contributed by atoms with Gasteiger partial charge >= 0.3 is 0 Å². The quantitative estimate of drug-likeness (QED) is 0.845. The van der Waals surface area contributed by atoms with Crippen LogP contribution in [0.1, 0.15) is 40.0 Å². The van der Waals surface area contributed by atoms with Gasteiger partial charge in [0.15, 0.2) is 0 Å². The molecule has 1 fully saturated rings. The van der Waals surface area contributed by atoms with E-state index in [1.807, 2.05) is 32.2 Å². The highest BCUT2D eigenvalue weighted by Gasteiger charge is 2.25. The van der Waals surface area contributed by atoms with Crippen molar-refractivity contribution in [3.05, 3.63) is 46.8 Å². The number of thiol groups is 1. The first-order valence-electron chi connectivity index (χ1n) is 7.54. The van der Waals surface area contributed by atoms with Gasteiger partial charge < -0.3 is 5.32 Å². The fourth-order valence-electron chi connectivity index (χ4n) is 2.47. The molecule has 114 valence electrons. The summed E-state index contributed by atoms with van der Waals surface area (Å²) in [7, 11) is 0. The summed E-state index contributed by atoms with van der Waals surface area (Å²) in [5.74, 6) is -0.0365. The Balaban J connectivity index is 2.03. The Morgan fingerprint density at radius 2 is 1.91 bits per heavy atom. The number of hydrogen-bond donors (Lipinski definition) is 2. The number of benzene rings is 1. The highest BCUT2D eigenvalue weighted by atomic mass is 32.1. The number of aryl methyl sites for hydroxylation is 3. The molecule has 1 aromatic carbocycles. The van der Waals surface area contributed by atoms with Crippen LogP contribution in [0.4, 0.5) is 0 Å². The van der Waals surface area contributed by atoms with Crippen molar-refractivity contribution in [2.75, 3.05) is 0 Å². The lowest BCUT2D eigenvalue weighted by atomic mass is 9.97. The molecule has 0 unspecified atom stereocenters. The largest absolute Gasteiger partial charge is 0.349 e. The normalized spacial score (nSPS) is 14.0. The van der Waals surface area contributed by atoms with Gasteiger partial charge in [0.1, 0.15) is 0 Å². The number of pyridine rings is 1. The third-order valence-electron chi connectivity index (χ3n) is 4.15. The molecule has 1 amide bonds. The lowest BCUT2D eigenvalue weighted by molar-refractivity contribution is 0.0948. The Kier molecular flexibility index (Phi) is 3.96. The summed E-state index contributed by atoms with van der Waals surface area (Å²) in [4.78, 5) is 17.5. The van der Waals surface area contributed by atoms with Crippen molar-refractivity contribution in [2.24, 2.45) is 0 Å². The number of rotatable bonds is 3. The number of carbonyl (C=O) groups excluding carboxylic acids is 1. The summed E-state index contributed by atoms with van der Waals surface area (Å²) in [6.07, 6.45) is 4.02. The first-order valence-corrected chi connectivity index (χ1v) is 7.98. The van der Waals surface area contributed by atoms with Crippen LogP contribution in [0, 0.1) is 20.8 Å². The molecule has 2 aromatic rings. The van der Waals surface area contributed by atoms with Gasteiger partial charge in [-0.05, 0) is 68.5 Å². The van der Waals surface area contributed by atoms with Crippen molar-refractivity contribution in [1.82, 2.24) is 10.3 Å². The van der Waals surface area contributed by atoms with Crippen molar-refractivity contribution < 1.29 is 4.79 Å². The second-order valence-corrected chi connectivity index (χ2v) is 6.54. The Morgan fingerprint density at radius 1 is 1.18 bits per heavy atom. The van der Waals surface area contributed by atoms with E-state index in [9.17, 15) is 4.79 Å². The number of nitrogens with zero attached hydrogens (tertiary/aromatic N) is 1. The maximum absolute atomic E-state index is 12.4. The van der Waals surface area contributed by atoms with Gasteiger partial charge in [0.25, 0.3) is 5.91 Å². The van der Waals surface area contributed by atoms with E-state index in [0.717, 1.165) is 45.7 Å². The molecule has 3 nitrogen and oxygen atoms in total. The highest BCUT2D eigenvalue weighted by Crippen LogP contribution is 2.29. The van der Waals surface area contributed by atoms with Crippen molar-refractivity contribution in [1.29, 1.82) is 0 Å². The van der Waals surface area contributed by atoms with Gasteiger partial charge in [0.2, 0.25) is 0 Å². The zero-order valence-corrected chi connectivity index (χ0v) is 14.0. The van der Waals surface area contributed by atoms with Crippen molar-refractivity contribution in [3.63, 3.8) is 0 Å². The van der Waals surface area contributed by atoms with Crippen LogP contribution in [0.15, 0.2) is 29.3 Å². The van der Waals surface area contributed by atoms with Crippen LogP contribution in [0.3, 0.4) is 0 Å². The van der Waals surface area contributed by atoms with Gasteiger partial charge in [0.05, 0.1) is 5.56 Å². The molecule has 4 heteroatoms. The summed E-state index contributed by atoms with van der Waals surface area (Å²) >= 11 is 4.47. The Labute approximate surface area is 136 Å². The predicted octanol–water partition coefficient (Wildman–Crippen LogP) is 3.85. The van der Waals surface area contributed by atoms with Crippen LogP contribution >= 0.6 is 12.6 Å². The average molecular weight is 312 g/mol. The first-order chi connectivity index (χ1) is 10.5. The number of nitrogens with one attached hydrogen (secondary N) is 1. The highest BCUT2D eigenvalue weighted by molar-refractivity contribution is 7.80. The lowest BCUT2D eigenvalue weighted by Crippen LogP contribution is -2.25. The summed E-state index contributed by atoms with van der Waals surface area (Å²) < 4.78 is 0. The fraction of sp³-hybridized carbons (Fsp3) is 0.333. The molecule has 3 rings (SSSR count). The fourth-order valence-corrected chi connectivity index (χ4v) is 2.83. The van der Waals surface area contributed by atoms with Crippen LogP contribution in [-0.4, -0.2) is 16.9 Å². The molecule has 0 saturated heterocycles. The van der Waals surface area contributed by atoms with Gasteiger partial charge in [-0.2, -0.15) is 0 Å². The Hall–Kier alpha value is -1.81. The van der Waals surface area contributed by atoms with Crippen molar-refractivity contribution in [3.8, 4) is 11.1 Å². The van der Waals surface area contributed by atoms with Crippen LogP contribution in [0.5, 0.6) is 0 Å². The minimum absolute atomic E-state index is 0.0365. The van der Waals surface area contributed by atoms with E-state index < -0.39 is 0 Å². The Morgan fingerprint density at radius 3 is 2.55 bits per heavy atom. The maximum Gasteiger partial charge on any atom is 0.252 e. The monoisotopic (exact) mass is 312 g/mol. The molecule has 22 heavy (non-hydrogen) atoms. The summed E-state index contributed by atoms with van der Waals surface area (Å²) in [5, 5.41) is 3.03. The van der Waals surface area contributed by atoms with E-state index in [-0.39, 0.29) is 5.91 Å². The third-order valence-corrected chi connectivity index (χ3v) is 4.52. The van der Waals surface area contributed by atoms with Crippen LogP contribution < -0.4 is 5.32 Å². The number of amides is 1. The molecule has 0 aliphatic heterocycles. The van der Waals surface area contributed by atoms with Gasteiger partial charge in [-0.15, -0.1) is 12.6 Å². The van der Waals surface area contributed by atoms with Gasteiger partial charge in [-0.1, -0.05) is 0 Å². The van der Waals surface area contributed by atoms with Crippen LogP contribution in [0.25, 0.3) is 11.1 Å². The number of carbonyl (C=O) groups is 1. The SMILES string of the molecule is Cc1cc(S)c(C(=O)NC2CC2)cc1-c1cnc(C)c(C)c1. The summed E-state index contributed by atoms with van der Waals surface area (Å²) in [6.45, 7) is 6.08. The molecule has 0 radical (unpaired) electrons. The van der Waals surface area contributed by atoms with Crippen LogP contribution in [0.2, 0.25) is 0 Å². The van der Waals surface area contributed by atoms with Crippen LogP contribution in [-0.2, 0) is 0 Å². The molecule has 1 N–H and O–H groups in total. The van der Waals surface area contributed by atoms with Gasteiger partial charge in [-0.25, -0.2) is 0 Å². The molecule has 1 heterocycles. The first kappa shape index (κ1) is 15.1. The minimum Gasteiger partial charge on any atom is -0.349 e. The molecular weight excluding hydrogens is 292 g/mol. The molecule has 1 aromatic heterocycles. The number of hydrogen-bond acceptors (Lipinski definition) is 3. The molecule has 1 saturated carbocycles. The molecule has 0 spiro atoms. The minimum atomic E-state index is -0.0365. The topological polar surface area (TPSA) is 42.0 Å². The van der Waals surface area contributed by atoms with Crippen molar-refractivity contribution in [2.45, 2.75) is 44.6 Å². The zero-order valence-electron chi connectivity index (χ0n) is 13.1. The second-order valence-electron chi connectivity index (χ2n) is 6.06. The standard InChI is InChI=1S/C18H20N2OS/c1-10-6-13(9-19-12(10)3)15-8-16(17(22)7-11(15)2)18(21)20-14-4-5-14/h6-9,14,22H,4-5H2,1-3H3,(H,20,21). The molecule has 0 bridgehead atoms. The smallest absolute Gasteiger partial charge is 0.252 e. The molecule has 1 aliphatic rings. The summed E-state index contributed by atoms with van der Waals surface area (Å²) in [5.41, 5.74) is 5.98. The van der Waals surface area contributed by atoms with Gasteiger partial charge in [0, 0.05) is 28.4 Å². The van der Waals surface area contributed by atoms with E-state index >= 15 is 0 Å². The number of aromatic nitrogens is 1. The summed E-state index contributed by atoms with van der Waals surface area (Å²) in [6, 6.07) is 6.34. The lowest BCUT2D eigenvalue weighted by Gasteiger charge is -2.13.